The Morgan fingerprint density at radius 2 is 1.65 bits per heavy atom. The van der Waals surface area contributed by atoms with E-state index in [4.69, 9.17) is 5.26 Å². The van der Waals surface area contributed by atoms with Crippen LogP contribution < -0.4 is 5.32 Å². The van der Waals surface area contributed by atoms with E-state index in [1.807, 2.05) is 13.8 Å². The summed E-state index contributed by atoms with van der Waals surface area (Å²) in [6, 6.07) is 2.43. The Labute approximate surface area is 122 Å². The van der Waals surface area contributed by atoms with Crippen LogP contribution in [-0.4, -0.2) is 60.0 Å². The summed E-state index contributed by atoms with van der Waals surface area (Å²) < 4.78 is 0. The standard InChI is InChI=1S/C15H28N4O/c1-5-14(6-2)17-15(20)13(4)19-9-7-18(8-10-19)12(3)11-16/h12-14H,5-10H2,1-4H3,(H,17,20). The van der Waals surface area contributed by atoms with Gasteiger partial charge in [0, 0.05) is 32.2 Å². The van der Waals surface area contributed by atoms with E-state index in [2.05, 4.69) is 35.0 Å². The smallest absolute Gasteiger partial charge is 0.237 e. The van der Waals surface area contributed by atoms with Gasteiger partial charge in [-0.2, -0.15) is 5.26 Å². The predicted octanol–water partition coefficient (Wildman–Crippen LogP) is 1.21. The number of hydrogen-bond donors (Lipinski definition) is 1. The van der Waals surface area contributed by atoms with Gasteiger partial charge in [-0.05, 0) is 26.7 Å². The number of nitriles is 1. The molecule has 0 bridgehead atoms. The third-order valence-electron chi connectivity index (χ3n) is 4.34. The fourth-order valence-electron chi connectivity index (χ4n) is 2.57. The van der Waals surface area contributed by atoms with Crippen LogP contribution in [0, 0.1) is 11.3 Å². The molecule has 1 fully saturated rings. The molecule has 0 saturated carbocycles. The van der Waals surface area contributed by atoms with Crippen LogP contribution in [0.2, 0.25) is 0 Å². The van der Waals surface area contributed by atoms with Crippen LogP contribution in [0.5, 0.6) is 0 Å². The zero-order valence-electron chi connectivity index (χ0n) is 13.2. The minimum atomic E-state index is -0.0878. The summed E-state index contributed by atoms with van der Waals surface area (Å²) in [6.45, 7) is 11.5. The van der Waals surface area contributed by atoms with E-state index in [1.165, 1.54) is 0 Å². The second-order valence-electron chi connectivity index (χ2n) is 5.57. The highest BCUT2D eigenvalue weighted by atomic mass is 16.2. The lowest BCUT2D eigenvalue weighted by Crippen LogP contribution is -2.56. The van der Waals surface area contributed by atoms with E-state index >= 15 is 0 Å². The highest BCUT2D eigenvalue weighted by Crippen LogP contribution is 2.10. The number of nitrogens with zero attached hydrogens (tertiary/aromatic N) is 3. The van der Waals surface area contributed by atoms with Crippen LogP contribution in [-0.2, 0) is 4.79 Å². The van der Waals surface area contributed by atoms with Crippen LogP contribution in [0.1, 0.15) is 40.5 Å². The summed E-state index contributed by atoms with van der Waals surface area (Å²) in [6.07, 6.45) is 1.95. The molecule has 1 heterocycles. The first-order valence-corrected chi connectivity index (χ1v) is 7.71. The molecular weight excluding hydrogens is 252 g/mol. The first-order chi connectivity index (χ1) is 9.53. The van der Waals surface area contributed by atoms with Gasteiger partial charge in [0.15, 0.2) is 0 Å². The van der Waals surface area contributed by atoms with Crippen molar-refractivity contribution in [2.24, 2.45) is 0 Å². The van der Waals surface area contributed by atoms with Crippen molar-refractivity contribution < 1.29 is 4.79 Å². The van der Waals surface area contributed by atoms with Crippen molar-refractivity contribution in [1.82, 2.24) is 15.1 Å². The largest absolute Gasteiger partial charge is 0.352 e. The van der Waals surface area contributed by atoms with Gasteiger partial charge < -0.3 is 5.32 Å². The van der Waals surface area contributed by atoms with E-state index in [-0.39, 0.29) is 24.0 Å². The van der Waals surface area contributed by atoms with Crippen molar-refractivity contribution in [3.05, 3.63) is 0 Å². The molecule has 1 N–H and O–H groups in total. The average Bonchev–Trinajstić information content (AvgIpc) is 2.50. The lowest BCUT2D eigenvalue weighted by Gasteiger charge is -2.38. The number of rotatable bonds is 6. The summed E-state index contributed by atoms with van der Waals surface area (Å²) in [5, 5.41) is 12.0. The fourth-order valence-corrected chi connectivity index (χ4v) is 2.57. The number of hydrogen-bond acceptors (Lipinski definition) is 4. The quantitative estimate of drug-likeness (QED) is 0.794. The van der Waals surface area contributed by atoms with Crippen molar-refractivity contribution in [2.75, 3.05) is 26.2 Å². The van der Waals surface area contributed by atoms with Gasteiger partial charge in [-0.3, -0.25) is 14.6 Å². The normalized spacial score (nSPS) is 20.4. The molecule has 0 spiro atoms. The molecule has 0 radical (unpaired) electrons. The molecule has 1 amide bonds. The Kier molecular flexibility index (Phi) is 6.97. The Hall–Kier alpha value is -1.12. The third kappa shape index (κ3) is 4.46. The predicted molar refractivity (Wildman–Crippen MR) is 80.2 cm³/mol. The van der Waals surface area contributed by atoms with Crippen LogP contribution in [0.3, 0.4) is 0 Å². The SMILES string of the molecule is CCC(CC)NC(=O)C(C)N1CCN(C(C)C#N)CC1. The van der Waals surface area contributed by atoms with Gasteiger partial charge in [-0.25, -0.2) is 0 Å². The fraction of sp³-hybridized carbons (Fsp3) is 0.867. The summed E-state index contributed by atoms with van der Waals surface area (Å²) in [5.41, 5.74) is 0. The van der Waals surface area contributed by atoms with Crippen LogP contribution in [0.15, 0.2) is 0 Å². The first-order valence-electron chi connectivity index (χ1n) is 7.71. The molecule has 0 aliphatic carbocycles. The lowest BCUT2D eigenvalue weighted by molar-refractivity contribution is -0.127. The number of carbonyl (C=O) groups excluding carboxylic acids is 1. The van der Waals surface area contributed by atoms with E-state index in [0.717, 1.165) is 39.0 Å². The van der Waals surface area contributed by atoms with Crippen LogP contribution in [0.25, 0.3) is 0 Å². The molecule has 0 aromatic rings. The van der Waals surface area contributed by atoms with Crippen LogP contribution >= 0.6 is 0 Å². The molecule has 0 aromatic heterocycles. The highest BCUT2D eigenvalue weighted by molar-refractivity contribution is 5.81. The Balaban J connectivity index is 2.44. The van der Waals surface area contributed by atoms with Gasteiger partial charge in [0.1, 0.15) is 0 Å². The molecule has 1 saturated heterocycles. The summed E-state index contributed by atoms with van der Waals surface area (Å²) in [7, 11) is 0. The number of amides is 1. The second-order valence-corrected chi connectivity index (χ2v) is 5.57. The molecule has 114 valence electrons. The molecule has 1 rings (SSSR count). The van der Waals surface area contributed by atoms with Gasteiger partial charge >= 0.3 is 0 Å². The topological polar surface area (TPSA) is 59.4 Å². The number of nitrogens with one attached hydrogen (secondary N) is 1. The van der Waals surface area contributed by atoms with Gasteiger partial charge in [-0.15, -0.1) is 0 Å². The molecule has 20 heavy (non-hydrogen) atoms. The maximum atomic E-state index is 12.2. The Morgan fingerprint density at radius 3 is 2.10 bits per heavy atom. The number of carbonyl (C=O) groups is 1. The molecule has 0 aromatic carbocycles. The third-order valence-corrected chi connectivity index (χ3v) is 4.34. The maximum Gasteiger partial charge on any atom is 0.237 e. The summed E-state index contributed by atoms with van der Waals surface area (Å²) >= 11 is 0. The lowest BCUT2D eigenvalue weighted by atomic mass is 10.1. The molecule has 2 atom stereocenters. The van der Waals surface area contributed by atoms with Crippen molar-refractivity contribution in [2.45, 2.75) is 58.7 Å². The molecule has 2 unspecified atom stereocenters. The molecule has 5 nitrogen and oxygen atoms in total. The summed E-state index contributed by atoms with van der Waals surface area (Å²) in [4.78, 5) is 16.6. The minimum absolute atomic E-state index is 0.0363. The van der Waals surface area contributed by atoms with Crippen molar-refractivity contribution in [3.8, 4) is 6.07 Å². The van der Waals surface area contributed by atoms with Crippen molar-refractivity contribution in [3.63, 3.8) is 0 Å². The van der Waals surface area contributed by atoms with E-state index in [9.17, 15) is 4.79 Å². The Morgan fingerprint density at radius 1 is 1.15 bits per heavy atom. The number of piperazine rings is 1. The molecule has 1 aliphatic rings. The van der Waals surface area contributed by atoms with E-state index in [0.29, 0.717) is 0 Å². The Bertz CT molecular complexity index is 340. The first kappa shape index (κ1) is 16.9. The molecule has 1 aliphatic heterocycles. The van der Waals surface area contributed by atoms with Crippen LogP contribution in [0.4, 0.5) is 0 Å². The van der Waals surface area contributed by atoms with Gasteiger partial charge in [0.25, 0.3) is 0 Å². The highest BCUT2D eigenvalue weighted by Gasteiger charge is 2.27. The zero-order valence-corrected chi connectivity index (χ0v) is 13.2. The monoisotopic (exact) mass is 280 g/mol. The van der Waals surface area contributed by atoms with Gasteiger partial charge in [-0.1, -0.05) is 13.8 Å². The second kappa shape index (κ2) is 8.23. The average molecular weight is 280 g/mol. The van der Waals surface area contributed by atoms with Gasteiger partial charge in [0.2, 0.25) is 5.91 Å². The maximum absolute atomic E-state index is 12.2. The van der Waals surface area contributed by atoms with E-state index in [1.54, 1.807) is 0 Å². The minimum Gasteiger partial charge on any atom is -0.352 e. The van der Waals surface area contributed by atoms with Crippen molar-refractivity contribution >= 4 is 5.91 Å². The molecular formula is C15H28N4O. The molecule has 5 heteroatoms. The zero-order chi connectivity index (χ0) is 15.1. The summed E-state index contributed by atoms with van der Waals surface area (Å²) in [5.74, 6) is 0.125. The van der Waals surface area contributed by atoms with Crippen molar-refractivity contribution in [1.29, 1.82) is 5.26 Å². The van der Waals surface area contributed by atoms with Gasteiger partial charge in [0.05, 0.1) is 18.2 Å². The van der Waals surface area contributed by atoms with E-state index < -0.39 is 0 Å².